The Morgan fingerprint density at radius 1 is 1.50 bits per heavy atom. The fourth-order valence-electron chi connectivity index (χ4n) is 2.34. The zero-order valence-electron chi connectivity index (χ0n) is 10.9. The molecular weight excluding hydrogens is 230 g/mol. The Kier molecular flexibility index (Phi) is 4.30. The molecule has 2 heterocycles. The lowest BCUT2D eigenvalue weighted by atomic mass is 9.94. The van der Waals surface area contributed by atoms with Crippen molar-refractivity contribution in [1.29, 1.82) is 0 Å². The average Bonchev–Trinajstić information content (AvgIpc) is 2.86. The average molecular weight is 251 g/mol. The van der Waals surface area contributed by atoms with Gasteiger partial charge in [-0.25, -0.2) is 4.68 Å². The van der Waals surface area contributed by atoms with E-state index in [-0.39, 0.29) is 12.5 Å². The van der Waals surface area contributed by atoms with Crippen LogP contribution in [0.2, 0.25) is 0 Å². The molecule has 0 radical (unpaired) electrons. The number of nitrogens with zero attached hydrogens (tertiary/aromatic N) is 4. The lowest BCUT2D eigenvalue weighted by Crippen LogP contribution is -2.40. The molecular formula is C12H21N5O. The lowest BCUT2D eigenvalue weighted by Gasteiger charge is -2.31. The first-order chi connectivity index (χ1) is 8.72. The van der Waals surface area contributed by atoms with Crippen LogP contribution in [-0.2, 0) is 17.9 Å². The third-order valence-electron chi connectivity index (χ3n) is 3.64. The topological polar surface area (TPSA) is 77.0 Å². The zero-order chi connectivity index (χ0) is 13.0. The minimum Gasteiger partial charge on any atom is -0.341 e. The van der Waals surface area contributed by atoms with Crippen molar-refractivity contribution in [2.75, 3.05) is 13.1 Å². The molecule has 1 aliphatic rings. The second kappa shape index (κ2) is 5.95. The first-order valence-electron chi connectivity index (χ1n) is 6.59. The highest BCUT2D eigenvalue weighted by Crippen LogP contribution is 2.19. The number of rotatable bonds is 4. The second-order valence-electron chi connectivity index (χ2n) is 4.84. The summed E-state index contributed by atoms with van der Waals surface area (Å²) < 4.78 is 1.57. The van der Waals surface area contributed by atoms with Crippen molar-refractivity contribution in [3.8, 4) is 0 Å². The summed E-state index contributed by atoms with van der Waals surface area (Å²) in [6.07, 6.45) is 5.18. The Hall–Kier alpha value is -1.43. The van der Waals surface area contributed by atoms with Gasteiger partial charge in [0.15, 0.2) is 0 Å². The fourth-order valence-corrected chi connectivity index (χ4v) is 2.34. The molecule has 0 saturated carbocycles. The van der Waals surface area contributed by atoms with E-state index in [1.54, 1.807) is 10.9 Å². The van der Waals surface area contributed by atoms with Crippen molar-refractivity contribution in [2.45, 2.75) is 39.3 Å². The molecule has 0 spiro atoms. The molecule has 1 amide bonds. The van der Waals surface area contributed by atoms with Gasteiger partial charge in [0.25, 0.3) is 0 Å². The van der Waals surface area contributed by atoms with Crippen LogP contribution in [0.5, 0.6) is 0 Å². The Balaban J connectivity index is 1.85. The normalized spacial score (nSPS) is 17.1. The highest BCUT2D eigenvalue weighted by molar-refractivity contribution is 5.75. The molecule has 0 aromatic carbocycles. The maximum absolute atomic E-state index is 12.1. The SMILES string of the molecule is CCC1CCN(C(=O)Cn2cc(CN)nn2)CC1. The number of likely N-dealkylation sites (tertiary alicyclic amines) is 1. The molecule has 1 aromatic heterocycles. The van der Waals surface area contributed by atoms with Crippen LogP contribution >= 0.6 is 0 Å². The van der Waals surface area contributed by atoms with E-state index >= 15 is 0 Å². The molecule has 0 bridgehead atoms. The van der Waals surface area contributed by atoms with Gasteiger partial charge in [-0.2, -0.15) is 0 Å². The van der Waals surface area contributed by atoms with Crippen molar-refractivity contribution in [3.63, 3.8) is 0 Å². The summed E-state index contributed by atoms with van der Waals surface area (Å²) in [5.41, 5.74) is 6.17. The first-order valence-corrected chi connectivity index (χ1v) is 6.59. The van der Waals surface area contributed by atoms with Gasteiger partial charge in [-0.3, -0.25) is 4.79 Å². The van der Waals surface area contributed by atoms with Crippen molar-refractivity contribution < 1.29 is 4.79 Å². The Morgan fingerprint density at radius 3 is 2.78 bits per heavy atom. The van der Waals surface area contributed by atoms with Gasteiger partial charge < -0.3 is 10.6 Å². The summed E-state index contributed by atoms with van der Waals surface area (Å²) in [6, 6.07) is 0. The standard InChI is InChI=1S/C12H21N5O/c1-2-10-3-5-16(6-4-10)12(18)9-17-8-11(7-13)14-15-17/h8,10H,2-7,9,13H2,1H3. The van der Waals surface area contributed by atoms with Gasteiger partial charge in [-0.05, 0) is 18.8 Å². The molecule has 1 aliphatic heterocycles. The third-order valence-corrected chi connectivity index (χ3v) is 3.64. The van der Waals surface area contributed by atoms with Crippen molar-refractivity contribution >= 4 is 5.91 Å². The van der Waals surface area contributed by atoms with E-state index in [1.807, 2.05) is 4.90 Å². The van der Waals surface area contributed by atoms with Crippen molar-refractivity contribution in [1.82, 2.24) is 19.9 Å². The summed E-state index contributed by atoms with van der Waals surface area (Å²) >= 11 is 0. The number of aromatic nitrogens is 3. The molecule has 6 nitrogen and oxygen atoms in total. The van der Waals surface area contributed by atoms with Gasteiger partial charge in [0.1, 0.15) is 6.54 Å². The molecule has 1 fully saturated rings. The number of amides is 1. The van der Waals surface area contributed by atoms with Gasteiger partial charge in [-0.15, -0.1) is 5.10 Å². The van der Waals surface area contributed by atoms with Gasteiger partial charge >= 0.3 is 0 Å². The highest BCUT2D eigenvalue weighted by Gasteiger charge is 2.21. The maximum atomic E-state index is 12.1. The zero-order valence-corrected chi connectivity index (χ0v) is 10.9. The quantitative estimate of drug-likeness (QED) is 0.839. The Morgan fingerprint density at radius 2 is 2.22 bits per heavy atom. The van der Waals surface area contributed by atoms with E-state index in [9.17, 15) is 4.79 Å². The number of hydrogen-bond acceptors (Lipinski definition) is 4. The van der Waals surface area contributed by atoms with E-state index in [1.165, 1.54) is 6.42 Å². The van der Waals surface area contributed by atoms with Crippen molar-refractivity contribution in [3.05, 3.63) is 11.9 Å². The number of carbonyl (C=O) groups is 1. The molecule has 0 atom stereocenters. The molecule has 18 heavy (non-hydrogen) atoms. The minimum absolute atomic E-state index is 0.123. The van der Waals surface area contributed by atoms with E-state index < -0.39 is 0 Å². The summed E-state index contributed by atoms with van der Waals surface area (Å²) in [7, 11) is 0. The molecule has 0 aliphatic carbocycles. The summed E-state index contributed by atoms with van der Waals surface area (Å²) in [5, 5.41) is 7.77. The van der Waals surface area contributed by atoms with Crippen molar-refractivity contribution in [2.24, 2.45) is 11.7 Å². The maximum Gasteiger partial charge on any atom is 0.244 e. The predicted molar refractivity (Wildman–Crippen MR) is 67.5 cm³/mol. The predicted octanol–water partition coefficient (Wildman–Crippen LogP) is 0.385. The summed E-state index contributed by atoms with van der Waals surface area (Å²) in [6.45, 7) is 4.58. The first kappa shape index (κ1) is 13.0. The largest absolute Gasteiger partial charge is 0.341 e. The molecule has 100 valence electrons. The van der Waals surface area contributed by atoms with Gasteiger partial charge in [-0.1, -0.05) is 18.6 Å². The third kappa shape index (κ3) is 3.07. The minimum atomic E-state index is 0.123. The molecule has 1 aromatic rings. The smallest absolute Gasteiger partial charge is 0.244 e. The molecule has 6 heteroatoms. The van der Waals surface area contributed by atoms with Crippen LogP contribution in [-0.4, -0.2) is 38.9 Å². The van der Waals surface area contributed by atoms with E-state index in [0.29, 0.717) is 12.2 Å². The molecule has 0 unspecified atom stereocenters. The Labute approximate surface area is 107 Å². The van der Waals surface area contributed by atoms with E-state index in [2.05, 4.69) is 17.2 Å². The van der Waals surface area contributed by atoms with E-state index in [4.69, 9.17) is 5.73 Å². The molecule has 2 N–H and O–H groups in total. The van der Waals surface area contributed by atoms with Crippen LogP contribution in [0.15, 0.2) is 6.20 Å². The molecule has 1 saturated heterocycles. The number of hydrogen-bond donors (Lipinski definition) is 1. The number of nitrogens with two attached hydrogens (primary N) is 1. The van der Waals surface area contributed by atoms with Gasteiger partial charge in [0.2, 0.25) is 5.91 Å². The number of piperidine rings is 1. The van der Waals surface area contributed by atoms with Crippen LogP contribution in [0.1, 0.15) is 31.9 Å². The Bertz CT molecular complexity index is 395. The van der Waals surface area contributed by atoms with Crippen LogP contribution in [0.25, 0.3) is 0 Å². The molecule has 2 rings (SSSR count). The van der Waals surface area contributed by atoms with E-state index in [0.717, 1.165) is 31.8 Å². The summed E-state index contributed by atoms with van der Waals surface area (Å²) in [4.78, 5) is 14.0. The number of carbonyl (C=O) groups excluding carboxylic acids is 1. The monoisotopic (exact) mass is 251 g/mol. The van der Waals surface area contributed by atoms with Crippen LogP contribution in [0, 0.1) is 5.92 Å². The second-order valence-corrected chi connectivity index (χ2v) is 4.84. The van der Waals surface area contributed by atoms with Gasteiger partial charge in [0, 0.05) is 19.6 Å². The summed E-state index contributed by atoms with van der Waals surface area (Å²) in [5.74, 6) is 0.905. The van der Waals surface area contributed by atoms with Crippen LogP contribution in [0.3, 0.4) is 0 Å². The van der Waals surface area contributed by atoms with Gasteiger partial charge in [0.05, 0.1) is 11.9 Å². The fraction of sp³-hybridized carbons (Fsp3) is 0.750. The lowest BCUT2D eigenvalue weighted by molar-refractivity contribution is -0.133. The highest BCUT2D eigenvalue weighted by atomic mass is 16.2. The van der Waals surface area contributed by atoms with Crippen LogP contribution < -0.4 is 5.73 Å². The van der Waals surface area contributed by atoms with Crippen LogP contribution in [0.4, 0.5) is 0 Å².